The van der Waals surface area contributed by atoms with Crippen molar-refractivity contribution in [3.8, 4) is 0 Å². The van der Waals surface area contributed by atoms with Crippen LogP contribution in [0.3, 0.4) is 0 Å². The second-order valence-corrected chi connectivity index (χ2v) is 5.57. The Morgan fingerprint density at radius 1 is 1.29 bits per heavy atom. The number of aliphatic hydroxyl groups is 1. The number of anilines is 2. The van der Waals surface area contributed by atoms with Gasteiger partial charge in [-0.3, -0.25) is 0 Å². The first kappa shape index (κ1) is 10.9. The zero-order chi connectivity index (χ0) is 11.9. The molecule has 1 aromatic carbocycles. The van der Waals surface area contributed by atoms with Gasteiger partial charge in [0.05, 0.1) is 0 Å². The molecule has 1 saturated carbocycles. The minimum absolute atomic E-state index is 0.325. The maximum Gasteiger partial charge on any atom is 0.0482 e. The predicted octanol–water partition coefficient (Wildman–Crippen LogP) is 1.87. The molecule has 3 rings (SSSR count). The Hall–Kier alpha value is -1.22. The van der Waals surface area contributed by atoms with Crippen LogP contribution >= 0.6 is 0 Å². The number of benzene rings is 1. The molecule has 3 heteroatoms. The van der Waals surface area contributed by atoms with Crippen LogP contribution in [0, 0.1) is 11.3 Å². The molecule has 1 atom stereocenters. The molecule has 92 valence electrons. The monoisotopic (exact) mass is 232 g/mol. The summed E-state index contributed by atoms with van der Waals surface area (Å²) < 4.78 is 0. The zero-order valence-corrected chi connectivity index (χ0v) is 10.1. The van der Waals surface area contributed by atoms with Crippen LogP contribution in [0.1, 0.15) is 19.3 Å². The van der Waals surface area contributed by atoms with Crippen LogP contribution < -0.4 is 10.6 Å². The lowest BCUT2D eigenvalue weighted by atomic mass is 9.63. The van der Waals surface area contributed by atoms with E-state index in [4.69, 9.17) is 5.73 Å². The van der Waals surface area contributed by atoms with Crippen molar-refractivity contribution in [2.75, 3.05) is 30.3 Å². The summed E-state index contributed by atoms with van der Waals surface area (Å²) in [5.74, 6) is 0.453. The lowest BCUT2D eigenvalue weighted by Gasteiger charge is -2.42. The molecule has 1 aliphatic carbocycles. The summed E-state index contributed by atoms with van der Waals surface area (Å²) in [6.45, 7) is 2.41. The van der Waals surface area contributed by atoms with Crippen molar-refractivity contribution in [2.45, 2.75) is 19.3 Å². The van der Waals surface area contributed by atoms with Gasteiger partial charge < -0.3 is 15.7 Å². The van der Waals surface area contributed by atoms with Crippen molar-refractivity contribution in [3.05, 3.63) is 24.3 Å². The van der Waals surface area contributed by atoms with Crippen LogP contribution in [0.4, 0.5) is 11.4 Å². The minimum atomic E-state index is 0.325. The molecule has 0 radical (unpaired) electrons. The van der Waals surface area contributed by atoms with Gasteiger partial charge in [-0.15, -0.1) is 0 Å². The molecule has 1 aromatic rings. The van der Waals surface area contributed by atoms with Gasteiger partial charge in [0.2, 0.25) is 0 Å². The molecular weight excluding hydrogens is 212 g/mol. The Morgan fingerprint density at radius 3 is 2.47 bits per heavy atom. The summed E-state index contributed by atoms with van der Waals surface area (Å²) in [6.07, 6.45) is 3.89. The number of nitrogen functional groups attached to an aromatic ring is 1. The highest BCUT2D eigenvalue weighted by Crippen LogP contribution is 2.52. The number of nitrogens with two attached hydrogens (primary N) is 1. The van der Waals surface area contributed by atoms with E-state index in [1.165, 1.54) is 24.9 Å². The quantitative estimate of drug-likeness (QED) is 0.765. The molecular formula is C14H20N2O. The van der Waals surface area contributed by atoms with Crippen LogP contribution in [0.25, 0.3) is 0 Å². The van der Waals surface area contributed by atoms with Crippen LogP contribution in [0.5, 0.6) is 0 Å². The van der Waals surface area contributed by atoms with Gasteiger partial charge >= 0.3 is 0 Å². The topological polar surface area (TPSA) is 49.5 Å². The number of nitrogens with zero attached hydrogens (tertiary/aromatic N) is 1. The van der Waals surface area contributed by atoms with Crippen LogP contribution in [0.15, 0.2) is 24.3 Å². The Bertz CT molecular complexity index is 397. The first-order valence-corrected chi connectivity index (χ1v) is 6.45. The number of hydrogen-bond donors (Lipinski definition) is 2. The molecule has 3 N–H and O–H groups in total. The molecule has 1 unspecified atom stereocenters. The summed E-state index contributed by atoms with van der Waals surface area (Å²) in [5.41, 5.74) is 8.16. The summed E-state index contributed by atoms with van der Waals surface area (Å²) in [4.78, 5) is 2.40. The fraction of sp³-hybridized carbons (Fsp3) is 0.571. The molecule has 1 aliphatic heterocycles. The van der Waals surface area contributed by atoms with E-state index in [1.807, 2.05) is 12.1 Å². The van der Waals surface area contributed by atoms with E-state index in [2.05, 4.69) is 17.0 Å². The average molecular weight is 232 g/mol. The van der Waals surface area contributed by atoms with Crippen molar-refractivity contribution in [1.29, 1.82) is 0 Å². The third-order valence-electron chi connectivity index (χ3n) is 4.64. The Labute approximate surface area is 102 Å². The van der Waals surface area contributed by atoms with Gasteiger partial charge in [-0.2, -0.15) is 0 Å². The van der Waals surface area contributed by atoms with E-state index in [-0.39, 0.29) is 0 Å². The number of rotatable bonds is 2. The van der Waals surface area contributed by atoms with E-state index in [9.17, 15) is 5.11 Å². The highest BCUT2D eigenvalue weighted by molar-refractivity contribution is 5.54. The molecule has 2 fully saturated rings. The summed E-state index contributed by atoms with van der Waals surface area (Å²) in [6, 6.07) is 8.08. The van der Waals surface area contributed by atoms with Crippen molar-refractivity contribution < 1.29 is 5.11 Å². The third kappa shape index (κ3) is 1.69. The molecule has 0 aromatic heterocycles. The Balaban J connectivity index is 1.80. The Morgan fingerprint density at radius 2 is 2.00 bits per heavy atom. The molecule has 0 amide bonds. The number of hydrogen-bond acceptors (Lipinski definition) is 3. The first-order valence-electron chi connectivity index (χ1n) is 6.45. The van der Waals surface area contributed by atoms with Gasteiger partial charge in [-0.05, 0) is 42.5 Å². The fourth-order valence-electron chi connectivity index (χ4n) is 3.36. The lowest BCUT2D eigenvalue weighted by Crippen LogP contribution is -2.38. The van der Waals surface area contributed by atoms with Crippen molar-refractivity contribution >= 4 is 11.4 Å². The molecule has 1 heterocycles. The smallest absolute Gasteiger partial charge is 0.0482 e. The average Bonchev–Trinajstić information content (AvgIpc) is 2.69. The summed E-state index contributed by atoms with van der Waals surface area (Å²) in [7, 11) is 0. The summed E-state index contributed by atoms with van der Waals surface area (Å²) in [5, 5.41) is 9.53. The van der Waals surface area contributed by atoms with E-state index < -0.39 is 0 Å². The van der Waals surface area contributed by atoms with Gasteiger partial charge in [0.25, 0.3) is 0 Å². The van der Waals surface area contributed by atoms with Gasteiger partial charge in [-0.1, -0.05) is 6.42 Å². The highest BCUT2D eigenvalue weighted by atomic mass is 16.3. The molecule has 0 bridgehead atoms. The van der Waals surface area contributed by atoms with Crippen LogP contribution in [-0.4, -0.2) is 24.8 Å². The van der Waals surface area contributed by atoms with Gasteiger partial charge in [0.15, 0.2) is 0 Å². The second-order valence-electron chi connectivity index (χ2n) is 5.57. The van der Waals surface area contributed by atoms with E-state index in [0.717, 1.165) is 18.8 Å². The van der Waals surface area contributed by atoms with E-state index in [1.54, 1.807) is 0 Å². The van der Waals surface area contributed by atoms with Crippen molar-refractivity contribution in [2.24, 2.45) is 11.3 Å². The Kier molecular flexibility index (Phi) is 2.51. The van der Waals surface area contributed by atoms with Crippen LogP contribution in [0.2, 0.25) is 0 Å². The predicted molar refractivity (Wildman–Crippen MR) is 69.9 cm³/mol. The largest absolute Gasteiger partial charge is 0.399 e. The molecule has 1 saturated heterocycles. The lowest BCUT2D eigenvalue weighted by molar-refractivity contribution is 0.0571. The van der Waals surface area contributed by atoms with Crippen LogP contribution in [-0.2, 0) is 0 Å². The number of aliphatic hydroxyl groups excluding tert-OH is 1. The minimum Gasteiger partial charge on any atom is -0.399 e. The molecule has 17 heavy (non-hydrogen) atoms. The van der Waals surface area contributed by atoms with Crippen molar-refractivity contribution in [3.63, 3.8) is 0 Å². The molecule has 1 spiro atoms. The third-order valence-corrected chi connectivity index (χ3v) is 4.64. The maximum absolute atomic E-state index is 9.53. The normalized spacial score (nSPS) is 26.2. The standard InChI is InChI=1S/C14H20N2O/c15-12-2-4-13(5-3-12)16-8-11(9-17)14(10-16)6-1-7-14/h2-5,11,17H,1,6-10,15H2. The summed E-state index contributed by atoms with van der Waals surface area (Å²) >= 11 is 0. The highest BCUT2D eigenvalue weighted by Gasteiger charge is 2.49. The van der Waals surface area contributed by atoms with Gasteiger partial charge in [-0.25, -0.2) is 0 Å². The fourth-order valence-corrected chi connectivity index (χ4v) is 3.36. The van der Waals surface area contributed by atoms with E-state index >= 15 is 0 Å². The maximum atomic E-state index is 9.53. The van der Waals surface area contributed by atoms with Crippen molar-refractivity contribution in [1.82, 2.24) is 0 Å². The van der Waals surface area contributed by atoms with Gasteiger partial charge in [0.1, 0.15) is 0 Å². The van der Waals surface area contributed by atoms with E-state index in [0.29, 0.717) is 17.9 Å². The molecule has 3 nitrogen and oxygen atoms in total. The SMILES string of the molecule is Nc1ccc(N2CC(CO)C3(CCC3)C2)cc1. The first-order chi connectivity index (χ1) is 8.23. The second kappa shape index (κ2) is 3.91. The van der Waals surface area contributed by atoms with Gasteiger partial charge in [0, 0.05) is 37.0 Å². The molecule has 2 aliphatic rings. The zero-order valence-electron chi connectivity index (χ0n) is 10.1.